The van der Waals surface area contributed by atoms with Crippen LogP contribution in [-0.2, 0) is 38.2 Å². The molecule has 0 aliphatic carbocycles. The van der Waals surface area contributed by atoms with Crippen molar-refractivity contribution in [1.29, 1.82) is 0 Å². The minimum absolute atomic E-state index is 0.0284. The van der Waals surface area contributed by atoms with Crippen molar-refractivity contribution in [3.8, 4) is 17.1 Å². The average Bonchev–Trinajstić information content (AvgIpc) is 3.63. The SMILES string of the molecule is CCCCC[C@@H](C(=O)NCNC(=O)c1ccc(-c2cc(OCC(=O)OC)cc(C(=O)N[C@@H](CC(=O)OC)C(=O)OC)c2)o1)[C@@H](CC)N(O)C=O. The molecule has 0 fully saturated rings. The highest BCUT2D eigenvalue weighted by molar-refractivity contribution is 5.99. The fraction of sp³-hybridized carbons (Fsp3) is 0.485. The van der Waals surface area contributed by atoms with Crippen LogP contribution in [0.1, 0.15) is 73.3 Å². The van der Waals surface area contributed by atoms with Gasteiger partial charge in [-0.15, -0.1) is 0 Å². The molecule has 1 heterocycles. The molecule has 0 saturated carbocycles. The second-order valence-corrected chi connectivity index (χ2v) is 10.9. The molecule has 0 saturated heterocycles. The number of rotatable bonds is 21. The van der Waals surface area contributed by atoms with E-state index >= 15 is 0 Å². The Hall–Kier alpha value is -5.45. The van der Waals surface area contributed by atoms with Crippen LogP contribution >= 0.6 is 0 Å². The highest BCUT2D eigenvalue weighted by Crippen LogP contribution is 2.28. The molecule has 0 aliphatic rings. The molecule has 0 unspecified atom stereocenters. The first-order valence-corrected chi connectivity index (χ1v) is 15.8. The number of nitrogens with zero attached hydrogens (tertiary/aromatic N) is 1. The van der Waals surface area contributed by atoms with Crippen LogP contribution in [-0.4, -0.2) is 99.0 Å². The molecule has 4 amide bonds. The maximum Gasteiger partial charge on any atom is 0.343 e. The van der Waals surface area contributed by atoms with E-state index in [-0.39, 0.29) is 41.5 Å². The van der Waals surface area contributed by atoms with Gasteiger partial charge < -0.3 is 39.3 Å². The van der Waals surface area contributed by atoms with Crippen molar-refractivity contribution in [2.75, 3.05) is 34.6 Å². The molecule has 17 nitrogen and oxygen atoms in total. The Labute approximate surface area is 288 Å². The first-order valence-electron chi connectivity index (χ1n) is 15.8. The summed E-state index contributed by atoms with van der Waals surface area (Å²) in [4.78, 5) is 86.1. The van der Waals surface area contributed by atoms with E-state index in [1.54, 1.807) is 6.92 Å². The molecule has 2 rings (SSSR count). The molecule has 0 radical (unpaired) electrons. The fourth-order valence-corrected chi connectivity index (χ4v) is 4.88. The van der Waals surface area contributed by atoms with Crippen LogP contribution in [0.4, 0.5) is 0 Å². The normalized spacial score (nSPS) is 12.4. The Morgan fingerprint density at radius 1 is 0.920 bits per heavy atom. The van der Waals surface area contributed by atoms with E-state index in [1.807, 2.05) is 6.92 Å². The number of esters is 3. The number of hydrogen-bond donors (Lipinski definition) is 4. The van der Waals surface area contributed by atoms with Gasteiger partial charge in [0.25, 0.3) is 11.8 Å². The molecular weight excluding hydrogens is 660 g/mol. The van der Waals surface area contributed by atoms with Gasteiger partial charge in [0.15, 0.2) is 12.4 Å². The predicted octanol–water partition coefficient (Wildman–Crippen LogP) is 1.96. The zero-order chi connectivity index (χ0) is 37.2. The number of hydroxylamine groups is 2. The maximum atomic E-state index is 13.2. The molecule has 4 N–H and O–H groups in total. The fourth-order valence-electron chi connectivity index (χ4n) is 4.88. The van der Waals surface area contributed by atoms with Crippen molar-refractivity contribution in [1.82, 2.24) is 21.0 Å². The second-order valence-electron chi connectivity index (χ2n) is 10.9. The lowest BCUT2D eigenvalue weighted by molar-refractivity contribution is -0.168. The summed E-state index contributed by atoms with van der Waals surface area (Å²) in [5, 5.41) is 18.0. The molecule has 0 bridgehead atoms. The molecular formula is C33H44N4O13. The molecule has 17 heteroatoms. The Morgan fingerprint density at radius 2 is 1.64 bits per heavy atom. The molecule has 50 heavy (non-hydrogen) atoms. The Balaban J connectivity index is 2.26. The highest BCUT2D eigenvalue weighted by Gasteiger charge is 2.31. The van der Waals surface area contributed by atoms with Crippen molar-refractivity contribution in [2.45, 2.75) is 64.5 Å². The van der Waals surface area contributed by atoms with Gasteiger partial charge in [0.05, 0.1) is 46.4 Å². The number of nitrogens with one attached hydrogen (secondary N) is 3. The van der Waals surface area contributed by atoms with Crippen LogP contribution in [0, 0.1) is 5.92 Å². The van der Waals surface area contributed by atoms with Gasteiger partial charge in [-0.2, -0.15) is 0 Å². The Bertz CT molecular complexity index is 1490. The third-order valence-corrected chi connectivity index (χ3v) is 7.55. The highest BCUT2D eigenvalue weighted by atomic mass is 16.6. The van der Waals surface area contributed by atoms with Gasteiger partial charge in [-0.25, -0.2) is 14.7 Å². The van der Waals surface area contributed by atoms with Gasteiger partial charge >= 0.3 is 17.9 Å². The molecule has 0 aliphatic heterocycles. The number of ether oxygens (including phenoxy) is 4. The van der Waals surface area contributed by atoms with Gasteiger partial charge in [0, 0.05) is 11.1 Å². The molecule has 1 aromatic carbocycles. The third-order valence-electron chi connectivity index (χ3n) is 7.55. The summed E-state index contributed by atoms with van der Waals surface area (Å²) >= 11 is 0. The van der Waals surface area contributed by atoms with E-state index < -0.39 is 66.7 Å². The quantitative estimate of drug-likeness (QED) is 0.0277. The summed E-state index contributed by atoms with van der Waals surface area (Å²) in [6.45, 7) is 2.97. The van der Waals surface area contributed by atoms with Crippen LogP contribution in [0.5, 0.6) is 5.75 Å². The van der Waals surface area contributed by atoms with Gasteiger partial charge in [-0.3, -0.25) is 29.2 Å². The van der Waals surface area contributed by atoms with Crippen LogP contribution < -0.4 is 20.7 Å². The molecule has 0 spiro atoms. The monoisotopic (exact) mass is 704 g/mol. The van der Waals surface area contributed by atoms with E-state index in [4.69, 9.17) is 9.15 Å². The maximum absolute atomic E-state index is 13.2. The molecule has 2 aromatic rings. The summed E-state index contributed by atoms with van der Waals surface area (Å²) in [6.07, 6.45) is 2.99. The number of hydrogen-bond acceptors (Lipinski definition) is 13. The number of carbonyl (C=O) groups is 7. The standard InChI is InChI=1S/C33H44N4O13/c1-6-8-9-10-23(25(7-2)37(45)19-38)31(42)34-18-35-32(43)27-12-11-26(50-27)20-13-21(15-22(14-20)49-17-29(40)47-4)30(41)36-24(33(44)48-5)16-28(39)46-3/h11-15,19,23-25,45H,6-10,16-18H2,1-5H3,(H,34,42)(H,35,43)(H,36,41)/t23-,24+,25-/m1/s1. The molecule has 274 valence electrons. The zero-order valence-electron chi connectivity index (χ0n) is 28.6. The number of furan rings is 1. The van der Waals surface area contributed by atoms with Crippen LogP contribution in [0.3, 0.4) is 0 Å². The minimum Gasteiger partial charge on any atom is -0.482 e. The first kappa shape index (κ1) is 40.7. The van der Waals surface area contributed by atoms with Crippen molar-refractivity contribution >= 4 is 42.0 Å². The van der Waals surface area contributed by atoms with E-state index in [1.165, 1.54) is 37.4 Å². The lowest BCUT2D eigenvalue weighted by atomic mass is 9.90. The topological polar surface area (TPSA) is 229 Å². The largest absolute Gasteiger partial charge is 0.482 e. The van der Waals surface area contributed by atoms with Crippen LogP contribution in [0.2, 0.25) is 0 Å². The Morgan fingerprint density at radius 3 is 2.26 bits per heavy atom. The van der Waals surface area contributed by atoms with Crippen LogP contribution in [0.25, 0.3) is 11.3 Å². The number of carbonyl (C=O) groups excluding carboxylic acids is 7. The number of benzene rings is 1. The lowest BCUT2D eigenvalue weighted by Gasteiger charge is -2.29. The lowest BCUT2D eigenvalue weighted by Crippen LogP contribution is -2.47. The average molecular weight is 705 g/mol. The number of amides is 4. The van der Waals surface area contributed by atoms with Crippen LogP contribution in [0.15, 0.2) is 34.7 Å². The number of methoxy groups -OCH3 is 3. The van der Waals surface area contributed by atoms with Crippen molar-refractivity contribution in [3.05, 3.63) is 41.7 Å². The van der Waals surface area contributed by atoms with E-state index in [0.717, 1.165) is 27.1 Å². The van der Waals surface area contributed by atoms with Gasteiger partial charge in [0.2, 0.25) is 12.3 Å². The Kier molecular flexibility index (Phi) is 17.0. The summed E-state index contributed by atoms with van der Waals surface area (Å²) < 4.78 is 25.1. The van der Waals surface area contributed by atoms with E-state index in [2.05, 4.69) is 30.2 Å². The van der Waals surface area contributed by atoms with Crippen molar-refractivity contribution in [3.63, 3.8) is 0 Å². The molecule has 1 aromatic heterocycles. The summed E-state index contributed by atoms with van der Waals surface area (Å²) in [7, 11) is 3.37. The van der Waals surface area contributed by atoms with Gasteiger partial charge in [-0.05, 0) is 43.2 Å². The zero-order valence-corrected chi connectivity index (χ0v) is 28.6. The van der Waals surface area contributed by atoms with Gasteiger partial charge in [0.1, 0.15) is 17.6 Å². The predicted molar refractivity (Wildman–Crippen MR) is 173 cm³/mol. The minimum atomic E-state index is -1.38. The van der Waals surface area contributed by atoms with Crippen molar-refractivity contribution in [2.24, 2.45) is 5.92 Å². The smallest absolute Gasteiger partial charge is 0.343 e. The number of unbranched alkanes of at least 4 members (excludes halogenated alkanes) is 2. The first-order chi connectivity index (χ1) is 23.9. The van der Waals surface area contributed by atoms with Crippen molar-refractivity contribution < 1.29 is 62.1 Å². The van der Waals surface area contributed by atoms with Gasteiger partial charge in [-0.1, -0.05) is 33.1 Å². The van der Waals surface area contributed by atoms with E-state index in [0.29, 0.717) is 24.3 Å². The third kappa shape index (κ3) is 12.2. The summed E-state index contributed by atoms with van der Waals surface area (Å²) in [6, 6.07) is 4.73. The van der Waals surface area contributed by atoms with E-state index in [9.17, 15) is 38.8 Å². The molecule has 3 atom stereocenters. The summed E-state index contributed by atoms with van der Waals surface area (Å²) in [5.41, 5.74) is 0.165. The second kappa shape index (κ2) is 20.8. The summed E-state index contributed by atoms with van der Waals surface area (Å²) in [5.74, 6) is -5.06.